The van der Waals surface area contributed by atoms with Crippen molar-refractivity contribution in [1.82, 2.24) is 9.88 Å². The van der Waals surface area contributed by atoms with Crippen LogP contribution in [0.4, 0.5) is 0 Å². The van der Waals surface area contributed by atoms with Gasteiger partial charge in [-0.1, -0.05) is 42.8 Å². The zero-order chi connectivity index (χ0) is 15.4. The lowest BCUT2D eigenvalue weighted by Gasteiger charge is -2.27. The first-order valence-corrected chi connectivity index (χ1v) is 8.66. The van der Waals surface area contributed by atoms with Gasteiger partial charge in [0.15, 0.2) is 0 Å². The Morgan fingerprint density at radius 1 is 1.38 bits per heavy atom. The first kappa shape index (κ1) is 16.1. The molecule has 1 amide bonds. The number of carbonyl (C=O) groups excluding carboxylic acids is 1. The molecule has 0 aliphatic carbocycles. The molecule has 112 valence electrons. The van der Waals surface area contributed by atoms with E-state index in [-0.39, 0.29) is 11.9 Å². The van der Waals surface area contributed by atoms with E-state index in [1.807, 2.05) is 36.2 Å². The molecule has 0 N–H and O–H groups in total. The lowest BCUT2D eigenvalue weighted by atomic mass is 10.1. The highest BCUT2D eigenvalue weighted by atomic mass is 35.5. The second kappa shape index (κ2) is 7.14. The molecule has 5 heteroatoms. The number of benzene rings is 1. The van der Waals surface area contributed by atoms with Crippen molar-refractivity contribution in [2.24, 2.45) is 0 Å². The average molecular weight is 323 g/mol. The maximum atomic E-state index is 12.8. The standard InChI is InChI=1S/C16H19ClN2OS/c1-4-11(10-21-3)19(2)16(20)14-9-18-15(17)13-8-6-5-7-12(13)14/h5-9,11H,4,10H2,1-3H3. The molecule has 1 atom stereocenters. The first-order valence-electron chi connectivity index (χ1n) is 6.89. The Bertz CT molecular complexity index is 647. The summed E-state index contributed by atoms with van der Waals surface area (Å²) in [7, 11) is 1.86. The molecule has 0 aliphatic rings. The Kier molecular flexibility index (Phi) is 5.48. The van der Waals surface area contributed by atoms with Gasteiger partial charge in [0, 0.05) is 30.4 Å². The fraction of sp³-hybridized carbons (Fsp3) is 0.375. The van der Waals surface area contributed by atoms with Crippen molar-refractivity contribution in [3.8, 4) is 0 Å². The lowest BCUT2D eigenvalue weighted by Crippen LogP contribution is -2.38. The Morgan fingerprint density at radius 2 is 2.05 bits per heavy atom. The summed E-state index contributed by atoms with van der Waals surface area (Å²) < 4.78 is 0. The minimum atomic E-state index is -0.00346. The summed E-state index contributed by atoms with van der Waals surface area (Å²) in [6.45, 7) is 2.10. The molecule has 0 spiro atoms. The molecule has 1 aromatic carbocycles. The number of fused-ring (bicyclic) bond motifs is 1. The molecule has 3 nitrogen and oxygen atoms in total. The van der Waals surface area contributed by atoms with E-state index in [9.17, 15) is 4.79 Å². The monoisotopic (exact) mass is 322 g/mol. The number of pyridine rings is 1. The number of thioether (sulfide) groups is 1. The fourth-order valence-corrected chi connectivity index (χ4v) is 3.44. The Balaban J connectivity index is 2.42. The van der Waals surface area contributed by atoms with E-state index in [0.717, 1.165) is 22.9 Å². The second-order valence-electron chi connectivity index (χ2n) is 4.94. The van der Waals surface area contributed by atoms with Gasteiger partial charge in [0.2, 0.25) is 0 Å². The van der Waals surface area contributed by atoms with Gasteiger partial charge in [-0.25, -0.2) is 4.98 Å². The largest absolute Gasteiger partial charge is 0.338 e. The maximum absolute atomic E-state index is 12.8. The summed E-state index contributed by atoms with van der Waals surface area (Å²) in [5, 5.41) is 2.10. The van der Waals surface area contributed by atoms with Crippen LogP contribution in [0.2, 0.25) is 5.15 Å². The molecule has 0 aliphatic heterocycles. The summed E-state index contributed by atoms with van der Waals surface area (Å²) in [6.07, 6.45) is 4.57. The molecule has 0 fully saturated rings. The molecule has 0 saturated heterocycles. The van der Waals surface area contributed by atoms with Crippen LogP contribution in [0.25, 0.3) is 10.8 Å². The fourth-order valence-electron chi connectivity index (χ4n) is 2.38. The molecule has 1 unspecified atom stereocenters. The number of hydrogen-bond acceptors (Lipinski definition) is 3. The van der Waals surface area contributed by atoms with Crippen molar-refractivity contribution in [2.45, 2.75) is 19.4 Å². The second-order valence-corrected chi connectivity index (χ2v) is 6.21. The summed E-state index contributed by atoms with van der Waals surface area (Å²) in [6, 6.07) is 7.84. The minimum absolute atomic E-state index is 0.00346. The number of aromatic nitrogens is 1. The highest BCUT2D eigenvalue weighted by Crippen LogP contribution is 2.25. The van der Waals surface area contributed by atoms with Crippen LogP contribution in [0.1, 0.15) is 23.7 Å². The van der Waals surface area contributed by atoms with Crippen LogP contribution in [0.15, 0.2) is 30.5 Å². The van der Waals surface area contributed by atoms with Crippen LogP contribution in [0, 0.1) is 0 Å². The van der Waals surface area contributed by atoms with Crippen LogP contribution in [-0.2, 0) is 0 Å². The van der Waals surface area contributed by atoms with Crippen LogP contribution >= 0.6 is 23.4 Å². The highest BCUT2D eigenvalue weighted by molar-refractivity contribution is 7.98. The number of rotatable bonds is 5. The Labute approximate surface area is 134 Å². The maximum Gasteiger partial charge on any atom is 0.256 e. The van der Waals surface area contributed by atoms with Gasteiger partial charge >= 0.3 is 0 Å². The van der Waals surface area contributed by atoms with E-state index in [2.05, 4.69) is 18.2 Å². The van der Waals surface area contributed by atoms with Gasteiger partial charge in [0.05, 0.1) is 5.56 Å². The van der Waals surface area contributed by atoms with E-state index in [1.165, 1.54) is 0 Å². The molecule has 1 aromatic heterocycles. The lowest BCUT2D eigenvalue weighted by molar-refractivity contribution is 0.0745. The topological polar surface area (TPSA) is 33.2 Å². The Morgan fingerprint density at radius 3 is 2.67 bits per heavy atom. The predicted molar refractivity (Wildman–Crippen MR) is 91.3 cm³/mol. The Hall–Kier alpha value is -1.26. The summed E-state index contributed by atoms with van der Waals surface area (Å²) in [5.74, 6) is 0.925. The van der Waals surface area contributed by atoms with E-state index in [1.54, 1.807) is 18.0 Å². The number of amides is 1. The smallest absolute Gasteiger partial charge is 0.256 e. The van der Waals surface area contributed by atoms with Gasteiger partial charge in [0.1, 0.15) is 5.15 Å². The predicted octanol–water partition coefficient (Wildman–Crippen LogP) is 4.10. The molecule has 0 saturated carbocycles. The molecule has 2 aromatic rings. The zero-order valence-corrected chi connectivity index (χ0v) is 14.0. The van der Waals surface area contributed by atoms with Crippen molar-refractivity contribution in [2.75, 3.05) is 19.1 Å². The van der Waals surface area contributed by atoms with Crippen molar-refractivity contribution < 1.29 is 4.79 Å². The van der Waals surface area contributed by atoms with Gasteiger partial charge in [-0.05, 0) is 18.1 Å². The summed E-state index contributed by atoms with van der Waals surface area (Å²) in [5.41, 5.74) is 0.608. The van der Waals surface area contributed by atoms with Gasteiger partial charge in [-0.2, -0.15) is 11.8 Å². The summed E-state index contributed by atoms with van der Waals surface area (Å²) >= 11 is 7.86. The third-order valence-electron chi connectivity index (χ3n) is 3.68. The SMILES string of the molecule is CCC(CSC)N(C)C(=O)c1cnc(Cl)c2ccccc12. The van der Waals surface area contributed by atoms with Gasteiger partial charge in [0.25, 0.3) is 5.91 Å². The van der Waals surface area contributed by atoms with Crippen molar-refractivity contribution >= 4 is 40.0 Å². The van der Waals surface area contributed by atoms with Gasteiger partial charge in [-0.15, -0.1) is 0 Å². The first-order chi connectivity index (χ1) is 10.1. The van der Waals surface area contributed by atoms with E-state index in [0.29, 0.717) is 10.7 Å². The minimum Gasteiger partial charge on any atom is -0.338 e. The molecular weight excluding hydrogens is 304 g/mol. The van der Waals surface area contributed by atoms with E-state index in [4.69, 9.17) is 11.6 Å². The average Bonchev–Trinajstić information content (AvgIpc) is 2.52. The molecule has 0 bridgehead atoms. The molecule has 21 heavy (non-hydrogen) atoms. The quantitative estimate of drug-likeness (QED) is 0.777. The van der Waals surface area contributed by atoms with Crippen LogP contribution in [0.3, 0.4) is 0 Å². The van der Waals surface area contributed by atoms with Gasteiger partial charge < -0.3 is 4.90 Å². The third kappa shape index (κ3) is 3.33. The highest BCUT2D eigenvalue weighted by Gasteiger charge is 2.21. The number of hydrogen-bond donors (Lipinski definition) is 0. The van der Waals surface area contributed by atoms with E-state index >= 15 is 0 Å². The molecule has 2 rings (SSSR count). The van der Waals surface area contributed by atoms with Crippen LogP contribution in [-0.4, -0.2) is 40.9 Å². The number of halogens is 1. The molecule has 1 heterocycles. The van der Waals surface area contributed by atoms with Crippen molar-refractivity contribution in [3.05, 3.63) is 41.2 Å². The van der Waals surface area contributed by atoms with Gasteiger partial charge in [-0.3, -0.25) is 4.79 Å². The number of nitrogens with zero attached hydrogens (tertiary/aromatic N) is 2. The normalized spacial score (nSPS) is 12.4. The molecule has 0 radical (unpaired) electrons. The van der Waals surface area contributed by atoms with Crippen molar-refractivity contribution in [3.63, 3.8) is 0 Å². The summed E-state index contributed by atoms with van der Waals surface area (Å²) in [4.78, 5) is 18.7. The van der Waals surface area contributed by atoms with Crippen LogP contribution < -0.4 is 0 Å². The van der Waals surface area contributed by atoms with E-state index < -0.39 is 0 Å². The zero-order valence-electron chi connectivity index (χ0n) is 12.5. The van der Waals surface area contributed by atoms with Crippen molar-refractivity contribution in [1.29, 1.82) is 0 Å². The van der Waals surface area contributed by atoms with Crippen LogP contribution in [0.5, 0.6) is 0 Å². The number of carbonyl (C=O) groups is 1. The third-order valence-corrected chi connectivity index (χ3v) is 4.69. The molecular formula is C16H19ClN2OS.